The highest BCUT2D eigenvalue weighted by Crippen LogP contribution is 2.13. The van der Waals surface area contributed by atoms with Crippen LogP contribution in [0.15, 0.2) is 18.2 Å². The molecule has 0 atom stereocenters. The minimum absolute atomic E-state index is 0.297. The number of piperazine rings is 1. The fourth-order valence-electron chi connectivity index (χ4n) is 2.62. The highest BCUT2D eigenvalue weighted by molar-refractivity contribution is 6.59. The van der Waals surface area contributed by atoms with E-state index in [2.05, 4.69) is 0 Å². The zero-order valence-electron chi connectivity index (χ0n) is 14.3. The number of amides is 1. The van der Waals surface area contributed by atoms with Crippen LogP contribution in [0, 0.1) is 5.82 Å². The summed E-state index contributed by atoms with van der Waals surface area (Å²) in [6.07, 6.45) is -0.334. The number of benzene rings is 1. The monoisotopic (exact) mass is 338 g/mol. The third-order valence-electron chi connectivity index (χ3n) is 3.80. The Labute approximate surface area is 142 Å². The molecule has 2 N–H and O–H groups in total. The lowest BCUT2D eigenvalue weighted by Gasteiger charge is -2.35. The summed E-state index contributed by atoms with van der Waals surface area (Å²) >= 11 is 0. The highest BCUT2D eigenvalue weighted by atomic mass is 19.1. The lowest BCUT2D eigenvalue weighted by molar-refractivity contribution is 0.0139. The van der Waals surface area contributed by atoms with E-state index in [1.54, 1.807) is 4.90 Å². The Morgan fingerprint density at radius 1 is 1.25 bits per heavy atom. The van der Waals surface area contributed by atoms with Crippen LogP contribution in [0.25, 0.3) is 0 Å². The summed E-state index contributed by atoms with van der Waals surface area (Å²) in [7, 11) is -1.64. The van der Waals surface area contributed by atoms with E-state index in [-0.39, 0.29) is 6.09 Å². The average molecular weight is 338 g/mol. The van der Waals surface area contributed by atoms with Gasteiger partial charge in [0.05, 0.1) is 0 Å². The fraction of sp³-hybridized carbons (Fsp3) is 0.562. The first-order valence-corrected chi connectivity index (χ1v) is 8.00. The maximum atomic E-state index is 13.4. The Balaban J connectivity index is 1.94. The second-order valence-electron chi connectivity index (χ2n) is 6.96. The Morgan fingerprint density at radius 2 is 1.88 bits per heavy atom. The number of halogens is 1. The number of ether oxygens (including phenoxy) is 1. The molecule has 1 aromatic rings. The third kappa shape index (κ3) is 5.19. The van der Waals surface area contributed by atoms with Crippen molar-refractivity contribution in [2.75, 3.05) is 26.2 Å². The average Bonchev–Trinajstić information content (AvgIpc) is 2.46. The van der Waals surface area contributed by atoms with Crippen molar-refractivity contribution in [2.24, 2.45) is 0 Å². The van der Waals surface area contributed by atoms with Gasteiger partial charge in [0.15, 0.2) is 0 Å². The Kier molecular flexibility index (Phi) is 5.85. The maximum absolute atomic E-state index is 13.4. The van der Waals surface area contributed by atoms with Crippen LogP contribution in [0.5, 0.6) is 0 Å². The summed E-state index contributed by atoms with van der Waals surface area (Å²) in [6.45, 7) is 8.12. The number of rotatable bonds is 3. The molecule has 1 aliphatic rings. The normalized spacial score (nSPS) is 16.2. The van der Waals surface area contributed by atoms with Crippen molar-refractivity contribution in [2.45, 2.75) is 32.9 Å². The van der Waals surface area contributed by atoms with Crippen LogP contribution in [0.1, 0.15) is 26.3 Å². The van der Waals surface area contributed by atoms with E-state index in [1.807, 2.05) is 25.7 Å². The van der Waals surface area contributed by atoms with Crippen molar-refractivity contribution < 1.29 is 24.0 Å². The van der Waals surface area contributed by atoms with Crippen LogP contribution < -0.4 is 5.46 Å². The molecular weight excluding hydrogens is 314 g/mol. The number of hydrogen-bond donors (Lipinski definition) is 2. The predicted octanol–water partition coefficient (Wildman–Crippen LogP) is 0.558. The van der Waals surface area contributed by atoms with Gasteiger partial charge in [-0.2, -0.15) is 0 Å². The minimum Gasteiger partial charge on any atom is -0.444 e. The summed E-state index contributed by atoms with van der Waals surface area (Å²) in [4.78, 5) is 15.7. The van der Waals surface area contributed by atoms with Gasteiger partial charge in [0.25, 0.3) is 0 Å². The van der Waals surface area contributed by atoms with Gasteiger partial charge < -0.3 is 19.7 Å². The number of hydrogen-bond acceptors (Lipinski definition) is 5. The van der Waals surface area contributed by atoms with Gasteiger partial charge in [0, 0.05) is 32.7 Å². The number of carbonyl (C=O) groups is 1. The van der Waals surface area contributed by atoms with Gasteiger partial charge in [-0.1, -0.05) is 6.07 Å². The SMILES string of the molecule is CC(C)(C)OC(=O)N1CCN(Cc2cc(F)ccc2B(O)O)CC1. The number of nitrogens with zero attached hydrogens (tertiary/aromatic N) is 2. The van der Waals surface area contributed by atoms with Gasteiger partial charge in [0.1, 0.15) is 11.4 Å². The molecule has 24 heavy (non-hydrogen) atoms. The van der Waals surface area contributed by atoms with E-state index in [0.29, 0.717) is 43.8 Å². The zero-order chi connectivity index (χ0) is 17.9. The van der Waals surface area contributed by atoms with Crippen LogP contribution in [0.2, 0.25) is 0 Å². The highest BCUT2D eigenvalue weighted by Gasteiger charge is 2.26. The quantitative estimate of drug-likeness (QED) is 0.788. The maximum Gasteiger partial charge on any atom is 0.488 e. The smallest absolute Gasteiger partial charge is 0.444 e. The van der Waals surface area contributed by atoms with Crippen molar-refractivity contribution >= 4 is 18.7 Å². The molecular formula is C16H24BFN2O4. The molecule has 132 valence electrons. The van der Waals surface area contributed by atoms with E-state index >= 15 is 0 Å². The molecule has 1 fully saturated rings. The predicted molar refractivity (Wildman–Crippen MR) is 89.3 cm³/mol. The molecule has 1 saturated heterocycles. The second kappa shape index (κ2) is 7.50. The molecule has 1 aromatic carbocycles. The van der Waals surface area contributed by atoms with Crippen LogP contribution in [-0.4, -0.2) is 64.8 Å². The molecule has 8 heteroatoms. The molecule has 2 rings (SSSR count). The second-order valence-corrected chi connectivity index (χ2v) is 6.96. The Bertz CT molecular complexity index is 584. The molecule has 0 aliphatic carbocycles. The fourth-order valence-corrected chi connectivity index (χ4v) is 2.62. The van der Waals surface area contributed by atoms with Gasteiger partial charge >= 0.3 is 13.2 Å². The zero-order valence-corrected chi connectivity index (χ0v) is 14.3. The summed E-state index contributed by atoms with van der Waals surface area (Å²) < 4.78 is 18.8. The molecule has 0 unspecified atom stereocenters. The molecule has 6 nitrogen and oxygen atoms in total. The van der Waals surface area contributed by atoms with Crippen molar-refractivity contribution in [1.29, 1.82) is 0 Å². The topological polar surface area (TPSA) is 73.2 Å². The van der Waals surface area contributed by atoms with Crippen molar-refractivity contribution in [1.82, 2.24) is 9.80 Å². The summed E-state index contributed by atoms with van der Waals surface area (Å²) in [6, 6.07) is 3.90. The van der Waals surface area contributed by atoms with Gasteiger partial charge in [0.2, 0.25) is 0 Å². The lowest BCUT2D eigenvalue weighted by Crippen LogP contribution is -2.50. The van der Waals surface area contributed by atoms with Gasteiger partial charge in [-0.3, -0.25) is 4.90 Å². The van der Waals surface area contributed by atoms with Crippen molar-refractivity contribution in [3.8, 4) is 0 Å². The first-order chi connectivity index (χ1) is 11.2. The van der Waals surface area contributed by atoms with Gasteiger partial charge in [-0.05, 0) is 43.9 Å². The lowest BCUT2D eigenvalue weighted by atomic mass is 9.77. The molecule has 0 saturated carbocycles. The Morgan fingerprint density at radius 3 is 2.42 bits per heavy atom. The molecule has 1 aliphatic heterocycles. The first kappa shape index (κ1) is 18.7. The summed E-state index contributed by atoms with van der Waals surface area (Å²) in [5.74, 6) is -0.415. The van der Waals surface area contributed by atoms with E-state index in [0.717, 1.165) is 0 Å². The minimum atomic E-state index is -1.64. The molecule has 0 radical (unpaired) electrons. The summed E-state index contributed by atoms with van der Waals surface area (Å²) in [5.41, 5.74) is 0.309. The molecule has 0 aromatic heterocycles. The van der Waals surface area contributed by atoms with Crippen LogP contribution in [0.4, 0.5) is 9.18 Å². The van der Waals surface area contributed by atoms with Crippen molar-refractivity contribution in [3.63, 3.8) is 0 Å². The van der Waals surface area contributed by atoms with Crippen LogP contribution >= 0.6 is 0 Å². The third-order valence-corrected chi connectivity index (χ3v) is 3.80. The first-order valence-electron chi connectivity index (χ1n) is 8.00. The Hall–Kier alpha value is -1.64. The largest absolute Gasteiger partial charge is 0.488 e. The van der Waals surface area contributed by atoms with E-state index in [1.165, 1.54) is 18.2 Å². The summed E-state index contributed by atoms with van der Waals surface area (Å²) in [5, 5.41) is 18.8. The van der Waals surface area contributed by atoms with E-state index < -0.39 is 18.5 Å². The van der Waals surface area contributed by atoms with Crippen LogP contribution in [0.3, 0.4) is 0 Å². The molecule has 1 amide bonds. The number of carbonyl (C=O) groups excluding carboxylic acids is 1. The molecule has 1 heterocycles. The molecule has 0 spiro atoms. The van der Waals surface area contributed by atoms with E-state index in [4.69, 9.17) is 4.74 Å². The standard InChI is InChI=1S/C16H24BFN2O4/c1-16(2,3)24-15(21)20-8-6-19(7-9-20)11-12-10-13(18)4-5-14(12)17(22)23/h4-5,10,22-23H,6-9,11H2,1-3H3. The molecule has 0 bridgehead atoms. The van der Waals surface area contributed by atoms with Gasteiger partial charge in [-0.25, -0.2) is 9.18 Å². The van der Waals surface area contributed by atoms with Crippen molar-refractivity contribution in [3.05, 3.63) is 29.6 Å². The van der Waals surface area contributed by atoms with Gasteiger partial charge in [-0.15, -0.1) is 0 Å². The van der Waals surface area contributed by atoms with Crippen LogP contribution in [-0.2, 0) is 11.3 Å². The van der Waals surface area contributed by atoms with E-state index in [9.17, 15) is 19.2 Å².